The summed E-state index contributed by atoms with van der Waals surface area (Å²) < 4.78 is 0. The monoisotopic (exact) mass is 376 g/mol. The fraction of sp³-hybridized carbons (Fsp3) is 0.800. The van der Waals surface area contributed by atoms with Crippen molar-refractivity contribution in [2.45, 2.75) is 58.0 Å². The van der Waals surface area contributed by atoms with Gasteiger partial charge in [-0.15, -0.1) is 11.3 Å². The van der Waals surface area contributed by atoms with E-state index in [0.29, 0.717) is 12.3 Å². The fourth-order valence-corrected chi connectivity index (χ4v) is 5.62. The Balaban J connectivity index is 1.45. The summed E-state index contributed by atoms with van der Waals surface area (Å²) >= 11 is 1.83. The first kappa shape index (κ1) is 18.4. The summed E-state index contributed by atoms with van der Waals surface area (Å²) in [4.78, 5) is 25.9. The van der Waals surface area contributed by atoms with Crippen LogP contribution in [0.2, 0.25) is 0 Å². The lowest BCUT2D eigenvalue weighted by Gasteiger charge is -2.49. The minimum Gasteiger partial charge on any atom is -0.342 e. The van der Waals surface area contributed by atoms with Crippen LogP contribution in [0.5, 0.6) is 0 Å². The Morgan fingerprint density at radius 2 is 2.00 bits per heavy atom. The molecule has 0 bridgehead atoms. The summed E-state index contributed by atoms with van der Waals surface area (Å²) in [7, 11) is 2.26. The lowest BCUT2D eigenvalue weighted by molar-refractivity contribution is -0.131. The van der Waals surface area contributed by atoms with Gasteiger partial charge in [-0.3, -0.25) is 14.6 Å². The molecule has 5 nitrogen and oxygen atoms in total. The molecule has 144 valence electrons. The van der Waals surface area contributed by atoms with Gasteiger partial charge in [0.2, 0.25) is 5.91 Å². The molecule has 3 heterocycles. The molecule has 1 aromatic rings. The van der Waals surface area contributed by atoms with Gasteiger partial charge in [-0.1, -0.05) is 0 Å². The number of amides is 1. The summed E-state index contributed by atoms with van der Waals surface area (Å²) in [6, 6.07) is 0. The Labute approximate surface area is 161 Å². The van der Waals surface area contributed by atoms with Crippen molar-refractivity contribution in [3.05, 3.63) is 15.6 Å². The van der Waals surface area contributed by atoms with Crippen LogP contribution in [0.15, 0.2) is 0 Å². The van der Waals surface area contributed by atoms with Crippen molar-refractivity contribution in [3.8, 4) is 0 Å². The average molecular weight is 377 g/mol. The Hall–Kier alpha value is -0.980. The lowest BCUT2D eigenvalue weighted by atomic mass is 9.86. The molecule has 26 heavy (non-hydrogen) atoms. The molecule has 4 rings (SSSR count). The topological polar surface area (TPSA) is 39.7 Å². The molecule has 1 atom stereocenters. The SMILES string of the molecule is Cc1nc(C)c(CN2CCN(C)[C@@]3(CCC(=O)N(CC4CC4)CC3)C2)s1. The van der Waals surface area contributed by atoms with Gasteiger partial charge in [0.1, 0.15) is 0 Å². The molecule has 1 aromatic heterocycles. The van der Waals surface area contributed by atoms with Crippen LogP contribution >= 0.6 is 11.3 Å². The van der Waals surface area contributed by atoms with Gasteiger partial charge < -0.3 is 4.90 Å². The third-order valence-corrected chi connectivity index (χ3v) is 7.68. The summed E-state index contributed by atoms with van der Waals surface area (Å²) in [5.74, 6) is 1.17. The lowest BCUT2D eigenvalue weighted by Crippen LogP contribution is -2.60. The van der Waals surface area contributed by atoms with Crippen molar-refractivity contribution < 1.29 is 4.79 Å². The number of likely N-dealkylation sites (N-methyl/N-ethyl adjacent to an activating group) is 1. The number of hydrogen-bond donors (Lipinski definition) is 0. The number of aryl methyl sites for hydroxylation is 2. The van der Waals surface area contributed by atoms with Crippen molar-refractivity contribution in [2.24, 2.45) is 5.92 Å². The normalized spacial score (nSPS) is 28.7. The van der Waals surface area contributed by atoms with E-state index in [9.17, 15) is 4.79 Å². The number of carbonyl (C=O) groups excluding carboxylic acids is 1. The maximum absolute atomic E-state index is 12.6. The highest BCUT2D eigenvalue weighted by Gasteiger charge is 2.42. The first-order valence-corrected chi connectivity index (χ1v) is 10.9. The van der Waals surface area contributed by atoms with Crippen molar-refractivity contribution in [3.63, 3.8) is 0 Å². The summed E-state index contributed by atoms with van der Waals surface area (Å²) in [5, 5.41) is 1.16. The minimum absolute atomic E-state index is 0.153. The predicted molar refractivity (Wildman–Crippen MR) is 105 cm³/mol. The second kappa shape index (κ2) is 7.21. The van der Waals surface area contributed by atoms with Crippen LogP contribution in [-0.2, 0) is 11.3 Å². The van der Waals surface area contributed by atoms with Gasteiger partial charge in [0.05, 0.1) is 10.7 Å². The standard InChI is InChI=1S/C20H32N4OS/c1-15-18(26-16(2)21-15)13-23-11-10-22(3)20(14-23)7-6-19(25)24(9-8-20)12-17-4-5-17/h17H,4-14H2,1-3H3/t20-/m1/s1. The van der Waals surface area contributed by atoms with E-state index in [1.807, 2.05) is 11.3 Å². The van der Waals surface area contributed by atoms with Gasteiger partial charge in [0.25, 0.3) is 0 Å². The highest BCUT2D eigenvalue weighted by Crippen LogP contribution is 2.35. The Morgan fingerprint density at radius 1 is 1.19 bits per heavy atom. The van der Waals surface area contributed by atoms with Crippen LogP contribution in [0.1, 0.15) is 47.7 Å². The molecule has 6 heteroatoms. The maximum Gasteiger partial charge on any atom is 0.222 e. The number of aromatic nitrogens is 1. The van der Waals surface area contributed by atoms with E-state index in [-0.39, 0.29) is 5.54 Å². The molecular weight excluding hydrogens is 344 g/mol. The van der Waals surface area contributed by atoms with Crippen molar-refractivity contribution >= 4 is 17.2 Å². The van der Waals surface area contributed by atoms with E-state index >= 15 is 0 Å². The van der Waals surface area contributed by atoms with Crippen LogP contribution in [0.3, 0.4) is 0 Å². The van der Waals surface area contributed by atoms with Crippen LogP contribution in [0.25, 0.3) is 0 Å². The fourth-order valence-electron chi connectivity index (χ4n) is 4.64. The molecule has 0 unspecified atom stereocenters. The molecule has 2 aliphatic heterocycles. The van der Waals surface area contributed by atoms with Gasteiger partial charge in [0, 0.05) is 56.1 Å². The van der Waals surface area contributed by atoms with Crippen LogP contribution in [-0.4, -0.2) is 70.9 Å². The molecule has 0 N–H and O–H groups in total. The largest absolute Gasteiger partial charge is 0.342 e. The quantitative estimate of drug-likeness (QED) is 0.810. The van der Waals surface area contributed by atoms with Crippen LogP contribution < -0.4 is 0 Å². The Kier molecular flexibility index (Phi) is 5.10. The number of carbonyl (C=O) groups is 1. The third kappa shape index (κ3) is 3.82. The van der Waals surface area contributed by atoms with E-state index in [2.05, 4.69) is 40.6 Å². The molecule has 0 radical (unpaired) electrons. The number of rotatable bonds is 4. The predicted octanol–water partition coefficient (Wildman–Crippen LogP) is 2.67. The Morgan fingerprint density at radius 3 is 2.69 bits per heavy atom. The zero-order valence-corrected chi connectivity index (χ0v) is 17.3. The second-order valence-electron chi connectivity index (χ2n) is 8.63. The van der Waals surface area contributed by atoms with Crippen molar-refractivity contribution in [1.82, 2.24) is 19.7 Å². The number of nitrogens with zero attached hydrogens (tertiary/aromatic N) is 4. The highest BCUT2D eigenvalue weighted by molar-refractivity contribution is 7.11. The zero-order chi connectivity index (χ0) is 18.3. The number of hydrogen-bond acceptors (Lipinski definition) is 5. The van der Waals surface area contributed by atoms with Gasteiger partial charge in [-0.25, -0.2) is 4.98 Å². The molecule has 1 spiro atoms. The van der Waals surface area contributed by atoms with Gasteiger partial charge >= 0.3 is 0 Å². The molecular formula is C20H32N4OS. The average Bonchev–Trinajstić information content (AvgIpc) is 3.38. The summed E-state index contributed by atoms with van der Waals surface area (Å²) in [6.07, 6.45) is 5.45. The van der Waals surface area contributed by atoms with Gasteiger partial charge in [-0.2, -0.15) is 0 Å². The number of thiazole rings is 1. The first-order chi connectivity index (χ1) is 12.4. The molecule has 2 saturated heterocycles. The molecule has 3 fully saturated rings. The Bertz CT molecular complexity index is 671. The van der Waals surface area contributed by atoms with Gasteiger partial charge in [0.15, 0.2) is 0 Å². The zero-order valence-electron chi connectivity index (χ0n) is 16.5. The van der Waals surface area contributed by atoms with Crippen LogP contribution in [0, 0.1) is 19.8 Å². The second-order valence-corrected chi connectivity index (χ2v) is 9.92. The van der Waals surface area contributed by atoms with E-state index in [1.54, 1.807) is 0 Å². The van der Waals surface area contributed by atoms with E-state index in [0.717, 1.165) is 63.0 Å². The molecule has 1 aliphatic carbocycles. The highest BCUT2D eigenvalue weighted by atomic mass is 32.1. The summed E-state index contributed by atoms with van der Waals surface area (Å²) in [6.45, 7) is 10.4. The maximum atomic E-state index is 12.6. The van der Waals surface area contributed by atoms with E-state index in [4.69, 9.17) is 0 Å². The summed E-state index contributed by atoms with van der Waals surface area (Å²) in [5.41, 5.74) is 1.34. The van der Waals surface area contributed by atoms with Crippen molar-refractivity contribution in [1.29, 1.82) is 0 Å². The molecule has 1 amide bonds. The number of piperazine rings is 1. The van der Waals surface area contributed by atoms with Crippen molar-refractivity contribution in [2.75, 3.05) is 39.8 Å². The first-order valence-electron chi connectivity index (χ1n) is 10.1. The van der Waals surface area contributed by atoms with E-state index < -0.39 is 0 Å². The smallest absolute Gasteiger partial charge is 0.222 e. The molecule has 0 aromatic carbocycles. The van der Waals surface area contributed by atoms with Gasteiger partial charge in [-0.05, 0) is 52.5 Å². The minimum atomic E-state index is 0.153. The molecule has 1 saturated carbocycles. The third-order valence-electron chi connectivity index (χ3n) is 6.63. The van der Waals surface area contributed by atoms with E-state index in [1.165, 1.54) is 23.4 Å². The van der Waals surface area contributed by atoms with Crippen LogP contribution in [0.4, 0.5) is 0 Å². The molecule has 3 aliphatic rings. The number of likely N-dealkylation sites (tertiary alicyclic amines) is 1.